The van der Waals surface area contributed by atoms with Crippen LogP contribution >= 0.6 is 0 Å². The normalized spacial score (nSPS) is 20.2. The third-order valence-electron chi connectivity index (χ3n) is 5.36. The Hall–Kier alpha value is -0.160. The zero-order chi connectivity index (χ0) is 19.5. The Morgan fingerprint density at radius 3 is 1.52 bits per heavy atom. The van der Waals surface area contributed by atoms with Gasteiger partial charge in [-0.15, -0.1) is 0 Å². The average molecular weight is 387 g/mol. The monoisotopic (exact) mass is 386 g/mol. The molecule has 0 aromatic heterocycles. The Kier molecular flexibility index (Phi) is 16.5. The van der Waals surface area contributed by atoms with Crippen LogP contribution in [0.1, 0.15) is 90.9 Å². The first kappa shape index (κ1) is 24.9. The van der Waals surface area contributed by atoms with Gasteiger partial charge in [0.25, 0.3) is 0 Å². The van der Waals surface area contributed by atoms with Gasteiger partial charge < -0.3 is 18.9 Å². The minimum absolute atomic E-state index is 0.101. The van der Waals surface area contributed by atoms with E-state index in [4.69, 9.17) is 18.9 Å². The molecule has 0 amide bonds. The number of unbranched alkanes of at least 4 members (excludes halogenated alkanes) is 9. The first-order chi connectivity index (χ1) is 13.3. The SMILES string of the molecule is CCCCCCCCCCCCC1(C)COCCOCCCOCCOC1. The molecule has 1 aliphatic heterocycles. The Morgan fingerprint density at radius 2 is 1.00 bits per heavy atom. The molecular weight excluding hydrogens is 340 g/mol. The Balaban J connectivity index is 2.13. The lowest BCUT2D eigenvalue weighted by Gasteiger charge is -2.29. The van der Waals surface area contributed by atoms with Crippen molar-refractivity contribution in [2.24, 2.45) is 5.41 Å². The fourth-order valence-corrected chi connectivity index (χ4v) is 3.57. The molecule has 1 heterocycles. The molecule has 1 fully saturated rings. The molecular formula is C23H46O4. The van der Waals surface area contributed by atoms with Crippen molar-refractivity contribution in [2.75, 3.05) is 52.9 Å². The largest absolute Gasteiger partial charge is 0.379 e. The van der Waals surface area contributed by atoms with Gasteiger partial charge in [0.1, 0.15) is 0 Å². The predicted octanol–water partition coefficient (Wildman–Crippen LogP) is 5.77. The van der Waals surface area contributed by atoms with Gasteiger partial charge in [-0.1, -0.05) is 78.1 Å². The fraction of sp³-hybridized carbons (Fsp3) is 1.00. The summed E-state index contributed by atoms with van der Waals surface area (Å²) in [5.41, 5.74) is 0.101. The van der Waals surface area contributed by atoms with Crippen LogP contribution in [0.15, 0.2) is 0 Å². The van der Waals surface area contributed by atoms with Crippen LogP contribution in [0, 0.1) is 5.41 Å². The summed E-state index contributed by atoms with van der Waals surface area (Å²) in [5.74, 6) is 0. The molecule has 1 aliphatic rings. The molecule has 27 heavy (non-hydrogen) atoms. The standard InChI is InChI=1S/C23H46O4/c1-3-4-5-6-7-8-9-10-11-12-14-23(2)21-26-19-17-24-15-13-16-25-18-20-27-22-23/h3-22H2,1-2H3. The highest BCUT2D eigenvalue weighted by molar-refractivity contribution is 4.74. The summed E-state index contributed by atoms with van der Waals surface area (Å²) in [6, 6.07) is 0. The van der Waals surface area contributed by atoms with Crippen molar-refractivity contribution in [3.8, 4) is 0 Å². The zero-order valence-electron chi connectivity index (χ0n) is 18.3. The van der Waals surface area contributed by atoms with E-state index in [2.05, 4.69) is 13.8 Å². The summed E-state index contributed by atoms with van der Waals surface area (Å²) in [7, 11) is 0. The fourth-order valence-electron chi connectivity index (χ4n) is 3.57. The highest BCUT2D eigenvalue weighted by Gasteiger charge is 2.24. The van der Waals surface area contributed by atoms with Crippen LogP contribution in [0.2, 0.25) is 0 Å². The molecule has 0 radical (unpaired) electrons. The van der Waals surface area contributed by atoms with Crippen LogP contribution in [0.4, 0.5) is 0 Å². The molecule has 0 aromatic carbocycles. The van der Waals surface area contributed by atoms with Gasteiger partial charge >= 0.3 is 0 Å². The summed E-state index contributed by atoms with van der Waals surface area (Å²) >= 11 is 0. The molecule has 162 valence electrons. The number of hydrogen-bond donors (Lipinski definition) is 0. The summed E-state index contributed by atoms with van der Waals surface area (Å²) < 4.78 is 23.0. The molecule has 1 saturated heterocycles. The van der Waals surface area contributed by atoms with Crippen LogP contribution in [0.5, 0.6) is 0 Å². The predicted molar refractivity (Wildman–Crippen MR) is 112 cm³/mol. The zero-order valence-corrected chi connectivity index (χ0v) is 18.3. The molecule has 0 atom stereocenters. The summed E-state index contributed by atoms with van der Waals surface area (Å²) in [6.45, 7) is 10.3. The van der Waals surface area contributed by atoms with Crippen molar-refractivity contribution in [2.45, 2.75) is 90.9 Å². The summed E-state index contributed by atoms with van der Waals surface area (Å²) in [6.07, 6.45) is 15.9. The number of rotatable bonds is 11. The van der Waals surface area contributed by atoms with Gasteiger partial charge in [0, 0.05) is 18.6 Å². The van der Waals surface area contributed by atoms with E-state index in [9.17, 15) is 0 Å². The molecule has 0 bridgehead atoms. The van der Waals surface area contributed by atoms with Gasteiger partial charge in [0.2, 0.25) is 0 Å². The third kappa shape index (κ3) is 15.4. The minimum atomic E-state index is 0.101. The van der Waals surface area contributed by atoms with Crippen molar-refractivity contribution in [3.05, 3.63) is 0 Å². The van der Waals surface area contributed by atoms with Crippen LogP contribution in [0.3, 0.4) is 0 Å². The van der Waals surface area contributed by atoms with Gasteiger partial charge in [-0.05, 0) is 12.8 Å². The average Bonchev–Trinajstić information content (AvgIpc) is 2.67. The van der Waals surface area contributed by atoms with Crippen molar-refractivity contribution in [3.63, 3.8) is 0 Å². The minimum Gasteiger partial charge on any atom is -0.379 e. The molecule has 0 aliphatic carbocycles. The maximum atomic E-state index is 5.90. The number of hydrogen-bond acceptors (Lipinski definition) is 4. The second-order valence-electron chi connectivity index (χ2n) is 8.43. The molecule has 0 aromatic rings. The third-order valence-corrected chi connectivity index (χ3v) is 5.36. The van der Waals surface area contributed by atoms with E-state index >= 15 is 0 Å². The van der Waals surface area contributed by atoms with E-state index in [0.29, 0.717) is 26.4 Å². The van der Waals surface area contributed by atoms with Crippen LogP contribution < -0.4 is 0 Å². The second kappa shape index (κ2) is 17.9. The molecule has 4 heteroatoms. The first-order valence-electron chi connectivity index (χ1n) is 11.6. The Morgan fingerprint density at radius 1 is 0.556 bits per heavy atom. The van der Waals surface area contributed by atoms with E-state index < -0.39 is 0 Å². The van der Waals surface area contributed by atoms with Crippen molar-refractivity contribution >= 4 is 0 Å². The molecule has 0 unspecified atom stereocenters. The second-order valence-corrected chi connectivity index (χ2v) is 8.43. The highest BCUT2D eigenvalue weighted by Crippen LogP contribution is 2.26. The first-order valence-corrected chi connectivity index (χ1v) is 11.6. The van der Waals surface area contributed by atoms with E-state index in [0.717, 1.165) is 32.8 Å². The molecule has 0 saturated carbocycles. The number of ether oxygens (including phenoxy) is 4. The topological polar surface area (TPSA) is 36.9 Å². The van der Waals surface area contributed by atoms with Gasteiger partial charge in [-0.2, -0.15) is 0 Å². The quantitative estimate of drug-likeness (QED) is 0.422. The van der Waals surface area contributed by atoms with E-state index in [1.54, 1.807) is 0 Å². The van der Waals surface area contributed by atoms with Gasteiger partial charge in [-0.3, -0.25) is 0 Å². The highest BCUT2D eigenvalue weighted by atomic mass is 16.5. The maximum Gasteiger partial charge on any atom is 0.0700 e. The van der Waals surface area contributed by atoms with Crippen LogP contribution in [0.25, 0.3) is 0 Å². The van der Waals surface area contributed by atoms with E-state index in [-0.39, 0.29) is 5.41 Å². The van der Waals surface area contributed by atoms with Gasteiger partial charge in [-0.25, -0.2) is 0 Å². The molecule has 1 rings (SSSR count). The Labute approximate surface area is 168 Å². The van der Waals surface area contributed by atoms with Crippen molar-refractivity contribution < 1.29 is 18.9 Å². The van der Waals surface area contributed by atoms with Gasteiger partial charge in [0.15, 0.2) is 0 Å². The lowest BCUT2D eigenvalue weighted by Crippen LogP contribution is -2.31. The smallest absolute Gasteiger partial charge is 0.0700 e. The molecule has 0 spiro atoms. The van der Waals surface area contributed by atoms with E-state index in [1.807, 2.05) is 0 Å². The van der Waals surface area contributed by atoms with Crippen molar-refractivity contribution in [1.29, 1.82) is 0 Å². The van der Waals surface area contributed by atoms with Gasteiger partial charge in [0.05, 0.1) is 39.6 Å². The Bertz CT molecular complexity index is 295. The lowest BCUT2D eigenvalue weighted by molar-refractivity contribution is -0.0516. The molecule has 4 nitrogen and oxygen atoms in total. The summed E-state index contributed by atoms with van der Waals surface area (Å²) in [5, 5.41) is 0. The van der Waals surface area contributed by atoms with Crippen LogP contribution in [-0.4, -0.2) is 52.9 Å². The maximum absolute atomic E-state index is 5.90. The molecule has 0 N–H and O–H groups in total. The summed E-state index contributed by atoms with van der Waals surface area (Å²) in [4.78, 5) is 0. The lowest BCUT2D eigenvalue weighted by atomic mass is 9.86. The van der Waals surface area contributed by atoms with E-state index in [1.165, 1.54) is 70.6 Å². The van der Waals surface area contributed by atoms with Crippen molar-refractivity contribution in [1.82, 2.24) is 0 Å². The van der Waals surface area contributed by atoms with Crippen LogP contribution in [-0.2, 0) is 18.9 Å².